The molecule has 2 aromatic rings. The SMILES string of the molecule is CC1(C)C2CC[C@]13CS(=O)(=O)N(C(=O)[C@@H]1C[C@@H]4C(=C(COCc5ccccc5)C[C@@H]5c6ccccc6C(=O)C(=O)[C@]45[N+](=O)[O-])[C@@H]1O)C3C2. The number of nitro groups is 1. The third-order valence-electron chi connectivity index (χ3n) is 13.3. The Morgan fingerprint density at radius 1 is 1.04 bits per heavy atom. The van der Waals surface area contributed by atoms with Gasteiger partial charge in [-0.3, -0.25) is 24.5 Å². The van der Waals surface area contributed by atoms with Crippen LogP contribution in [-0.4, -0.2) is 70.3 Å². The maximum Gasteiger partial charge on any atom is 0.300 e. The number of carbonyl (C=O) groups excluding carboxylic acids is 3. The Morgan fingerprint density at radius 2 is 1.75 bits per heavy atom. The molecule has 8 atom stereocenters. The summed E-state index contributed by atoms with van der Waals surface area (Å²) in [7, 11) is -4.05. The van der Waals surface area contributed by atoms with Crippen LogP contribution < -0.4 is 0 Å². The fourth-order valence-electron chi connectivity index (χ4n) is 10.9. The first-order chi connectivity index (χ1) is 22.8. The Morgan fingerprint density at radius 3 is 2.46 bits per heavy atom. The van der Waals surface area contributed by atoms with Crippen molar-refractivity contribution in [2.75, 3.05) is 12.4 Å². The first-order valence-electron chi connectivity index (χ1n) is 16.7. The molecular weight excluding hydrogens is 636 g/mol. The van der Waals surface area contributed by atoms with E-state index in [1.165, 1.54) is 6.07 Å². The molecule has 0 aromatic heterocycles. The third-order valence-corrected chi connectivity index (χ3v) is 15.2. The normalized spacial score (nSPS) is 36.9. The van der Waals surface area contributed by atoms with Crippen molar-refractivity contribution in [2.24, 2.45) is 28.6 Å². The van der Waals surface area contributed by atoms with Crippen LogP contribution in [0, 0.1) is 38.7 Å². The zero-order chi connectivity index (χ0) is 34.0. The molecule has 11 nitrogen and oxygen atoms in total. The molecular formula is C36H38N2O9S. The quantitative estimate of drug-likeness (QED) is 0.208. The molecule has 1 saturated heterocycles. The molecule has 1 amide bonds. The maximum atomic E-state index is 14.5. The number of aliphatic hydroxyl groups is 1. The summed E-state index contributed by atoms with van der Waals surface area (Å²) >= 11 is 0. The van der Waals surface area contributed by atoms with Crippen molar-refractivity contribution in [2.45, 2.75) is 76.2 Å². The Kier molecular flexibility index (Phi) is 6.82. The molecule has 1 aliphatic heterocycles. The van der Waals surface area contributed by atoms with Gasteiger partial charge < -0.3 is 9.84 Å². The number of benzene rings is 2. The predicted molar refractivity (Wildman–Crippen MR) is 172 cm³/mol. The number of carbonyl (C=O) groups is 3. The molecule has 4 fully saturated rings. The number of sulfonamides is 1. The van der Waals surface area contributed by atoms with Crippen LogP contribution in [0.4, 0.5) is 0 Å². The van der Waals surface area contributed by atoms with Gasteiger partial charge in [-0.25, -0.2) is 12.7 Å². The monoisotopic (exact) mass is 674 g/mol. The number of nitrogens with zero attached hydrogens (tertiary/aromatic N) is 2. The Hall–Kier alpha value is -3.74. The third kappa shape index (κ3) is 3.87. The molecule has 1 N–H and O–H groups in total. The summed E-state index contributed by atoms with van der Waals surface area (Å²) in [6.07, 6.45) is 0.141. The van der Waals surface area contributed by atoms with Crippen LogP contribution in [0.3, 0.4) is 0 Å². The van der Waals surface area contributed by atoms with Gasteiger partial charge in [0.15, 0.2) is 0 Å². The Bertz CT molecular complexity index is 1920. The van der Waals surface area contributed by atoms with Crippen molar-refractivity contribution in [3.05, 3.63) is 92.5 Å². The molecule has 1 spiro atoms. The zero-order valence-corrected chi connectivity index (χ0v) is 27.6. The van der Waals surface area contributed by atoms with Crippen molar-refractivity contribution in [1.82, 2.24) is 4.31 Å². The maximum absolute atomic E-state index is 14.5. The van der Waals surface area contributed by atoms with Gasteiger partial charge >= 0.3 is 5.54 Å². The lowest BCUT2D eigenvalue weighted by Crippen LogP contribution is -2.63. The second kappa shape index (κ2) is 10.4. The number of ether oxygens (including phenoxy) is 1. The summed E-state index contributed by atoms with van der Waals surface area (Å²) in [4.78, 5) is 54.7. The summed E-state index contributed by atoms with van der Waals surface area (Å²) in [6, 6.07) is 15.2. The van der Waals surface area contributed by atoms with E-state index in [0.29, 0.717) is 24.0 Å². The van der Waals surface area contributed by atoms with E-state index in [4.69, 9.17) is 4.74 Å². The first kappa shape index (κ1) is 31.5. The number of amides is 1. The number of Topliss-reactive ketones (excluding diaryl/α,β-unsaturated/α-hetero) is 2. The van der Waals surface area contributed by atoms with Gasteiger partial charge in [0.25, 0.3) is 5.78 Å². The number of rotatable bonds is 6. The lowest BCUT2D eigenvalue weighted by Gasteiger charge is -2.44. The Balaban J connectivity index is 1.22. The van der Waals surface area contributed by atoms with Crippen molar-refractivity contribution in [3.63, 3.8) is 0 Å². The lowest BCUT2D eigenvalue weighted by molar-refractivity contribution is -0.565. The minimum atomic E-state index is -4.05. The van der Waals surface area contributed by atoms with Crippen LogP contribution in [0.1, 0.15) is 73.4 Å². The van der Waals surface area contributed by atoms with E-state index < -0.39 is 73.3 Å². The van der Waals surface area contributed by atoms with Crippen LogP contribution >= 0.6 is 0 Å². The fraction of sp³-hybridized carbons (Fsp3) is 0.528. The van der Waals surface area contributed by atoms with Gasteiger partial charge in [-0.2, -0.15) is 0 Å². The van der Waals surface area contributed by atoms with Crippen LogP contribution in [0.15, 0.2) is 65.7 Å². The van der Waals surface area contributed by atoms with Gasteiger partial charge in [-0.15, -0.1) is 0 Å². The molecule has 48 heavy (non-hydrogen) atoms. The van der Waals surface area contributed by atoms with E-state index in [1.54, 1.807) is 18.2 Å². The minimum absolute atomic E-state index is 0.0308. The van der Waals surface area contributed by atoms with E-state index in [9.17, 15) is 38.0 Å². The van der Waals surface area contributed by atoms with Crippen molar-refractivity contribution < 1.29 is 37.6 Å². The number of fused-ring (bicyclic) bond motifs is 6. The topological polar surface area (TPSA) is 161 Å². The van der Waals surface area contributed by atoms with Crippen molar-refractivity contribution in [3.8, 4) is 0 Å². The minimum Gasteiger partial charge on any atom is -0.388 e. The van der Waals surface area contributed by atoms with E-state index >= 15 is 0 Å². The highest BCUT2D eigenvalue weighted by Crippen LogP contribution is 2.70. The molecule has 0 radical (unpaired) electrons. The van der Waals surface area contributed by atoms with Crippen LogP contribution in [0.25, 0.3) is 0 Å². The van der Waals surface area contributed by atoms with Gasteiger partial charge in [0.05, 0.1) is 48.9 Å². The molecule has 1 heterocycles. The van der Waals surface area contributed by atoms with Gasteiger partial charge in [-0.05, 0) is 65.7 Å². The molecule has 2 unspecified atom stereocenters. The summed E-state index contributed by atoms with van der Waals surface area (Å²) in [5.74, 6) is -6.55. The van der Waals surface area contributed by atoms with Gasteiger partial charge in [-0.1, -0.05) is 68.4 Å². The molecule has 8 rings (SSSR count). The van der Waals surface area contributed by atoms with E-state index in [1.807, 2.05) is 30.3 Å². The molecule has 5 aliphatic carbocycles. The Labute approximate surface area is 278 Å². The largest absolute Gasteiger partial charge is 0.388 e. The second-order valence-electron chi connectivity index (χ2n) is 15.2. The highest BCUT2D eigenvalue weighted by Gasteiger charge is 2.75. The molecule has 12 heteroatoms. The average molecular weight is 675 g/mol. The van der Waals surface area contributed by atoms with Crippen LogP contribution in [0.5, 0.6) is 0 Å². The zero-order valence-electron chi connectivity index (χ0n) is 26.8. The van der Waals surface area contributed by atoms with Crippen LogP contribution in [-0.2, 0) is 31.0 Å². The smallest absolute Gasteiger partial charge is 0.300 e. The lowest BCUT2D eigenvalue weighted by atomic mass is 9.56. The molecule has 3 saturated carbocycles. The number of hydrogen-bond donors (Lipinski definition) is 1. The van der Waals surface area contributed by atoms with Crippen LogP contribution in [0.2, 0.25) is 0 Å². The average Bonchev–Trinajstić information content (AvgIpc) is 3.68. The summed E-state index contributed by atoms with van der Waals surface area (Å²) in [6.45, 7) is 4.33. The fourth-order valence-corrected chi connectivity index (χ4v) is 13.5. The highest BCUT2D eigenvalue weighted by molar-refractivity contribution is 7.90. The number of hydrogen-bond acceptors (Lipinski definition) is 9. The van der Waals surface area contributed by atoms with Crippen molar-refractivity contribution in [1.29, 1.82) is 0 Å². The molecule has 6 aliphatic rings. The van der Waals surface area contributed by atoms with Crippen molar-refractivity contribution >= 4 is 27.5 Å². The molecule has 252 valence electrons. The van der Waals surface area contributed by atoms with Gasteiger partial charge in [0.2, 0.25) is 21.7 Å². The number of ketones is 2. The molecule has 2 bridgehead atoms. The highest BCUT2D eigenvalue weighted by atomic mass is 32.2. The molecule has 2 aromatic carbocycles. The van der Waals surface area contributed by atoms with E-state index in [2.05, 4.69) is 13.8 Å². The number of aliphatic hydroxyl groups excluding tert-OH is 1. The standard InChI is InChI=1S/C36H38N2O9S/c1-34(2)22-12-13-35(34)19-48(45,46)37(28(35)15-22)33(42)25-16-27-29(30(25)39)21(18-47-17-20-8-4-3-5-9-20)14-26-23-10-6-7-11-24(23)31(40)32(41)36(26,27)38(43)44/h3-11,22,25-28,30,39H,12-19H2,1-2H3/t22?,25-,26-,27-,28?,30-,35-,36-/m1/s1. The summed E-state index contributed by atoms with van der Waals surface area (Å²) in [5, 5.41) is 25.3. The second-order valence-corrected chi connectivity index (χ2v) is 17.1. The summed E-state index contributed by atoms with van der Waals surface area (Å²) in [5.41, 5.74) is -1.30. The van der Waals surface area contributed by atoms with E-state index in [0.717, 1.165) is 16.3 Å². The predicted octanol–water partition coefficient (Wildman–Crippen LogP) is 3.83. The van der Waals surface area contributed by atoms with E-state index in [-0.39, 0.29) is 54.3 Å². The van der Waals surface area contributed by atoms with Gasteiger partial charge in [0, 0.05) is 15.9 Å². The van der Waals surface area contributed by atoms with Gasteiger partial charge in [0.1, 0.15) is 0 Å². The summed E-state index contributed by atoms with van der Waals surface area (Å²) < 4.78 is 34.7. The first-order valence-corrected chi connectivity index (χ1v) is 18.3.